The van der Waals surface area contributed by atoms with Gasteiger partial charge in [-0.25, -0.2) is 18.2 Å². The number of hydroxylamine groups is 4. The van der Waals surface area contributed by atoms with Crippen molar-refractivity contribution in [1.82, 2.24) is 44.2 Å². The van der Waals surface area contributed by atoms with Crippen LogP contribution in [-0.4, -0.2) is 156 Å². The zero-order valence-corrected chi connectivity index (χ0v) is 39.0. The van der Waals surface area contributed by atoms with Crippen molar-refractivity contribution >= 4 is 70.3 Å². The number of aryl methyl sites for hydroxylation is 1. The van der Waals surface area contributed by atoms with E-state index < -0.39 is 123 Å². The number of aliphatic hydroxyl groups is 2. The Balaban J connectivity index is 0.961. The summed E-state index contributed by atoms with van der Waals surface area (Å²) < 4.78 is 83.5. The van der Waals surface area contributed by atoms with E-state index in [-0.39, 0.29) is 34.2 Å². The Morgan fingerprint density at radius 1 is 0.829 bits per heavy atom. The molecule has 4 aliphatic rings. The van der Waals surface area contributed by atoms with E-state index in [0.717, 1.165) is 10.9 Å². The fourth-order valence-electron chi connectivity index (χ4n) is 8.24. The Bertz CT molecular complexity index is 2830. The molecule has 8 N–H and O–H groups in total. The molecular weight excluding hydrogens is 1010 g/mol. The van der Waals surface area contributed by atoms with Crippen LogP contribution in [0.25, 0.3) is 22.3 Å². The molecule has 0 aliphatic carbocycles. The normalized spacial score (nSPS) is 30.3. The number of nitrogens with zero attached hydrogens (tertiary/aromatic N) is 8. The number of aliphatic hydroxyl groups excluding tert-OH is 2. The predicted octanol–water partition coefficient (Wildman–Crippen LogP) is -5.29. The second kappa shape index (κ2) is 21.0. The van der Waals surface area contributed by atoms with Crippen molar-refractivity contribution in [2.24, 2.45) is 7.05 Å². The SMILES string of the molecule is Cn1c[n+]([C@@H]2O[C@H](COP(=O)([O-])OP(=O)([O-])OP(=O)([O-])OC[C@H]3O[C@@H](n4cnc5c(=O)[nH]c(N)nc54)C(O)[C@H]3O)[C@H](OCON3CCC[C@H]3C=O)C2OCON2CCC[C@H]2C=O)c2nc(N)[nH]c(=O)c21. The summed E-state index contributed by atoms with van der Waals surface area (Å²) in [5.74, 6) is -0.640. The molecular formula is C33H45N12O22P3-2. The monoisotopic (exact) mass is 1050 g/mol. The van der Waals surface area contributed by atoms with E-state index in [1.807, 2.05) is 0 Å². The fourth-order valence-corrected chi connectivity index (χ4v) is 11.6. The molecule has 34 nitrogen and oxygen atoms in total. The van der Waals surface area contributed by atoms with Gasteiger partial charge in [-0.1, -0.05) is 4.98 Å². The van der Waals surface area contributed by atoms with Crippen LogP contribution in [0.5, 0.6) is 0 Å². The molecule has 0 aromatic carbocycles. The number of nitrogen functional groups attached to an aromatic ring is 2. The second-order valence-electron chi connectivity index (χ2n) is 16.0. The minimum atomic E-state index is -6.49. The third-order valence-corrected chi connectivity index (χ3v) is 15.5. The first kappa shape index (κ1) is 52.0. The highest BCUT2D eigenvalue weighted by Crippen LogP contribution is 2.63. The van der Waals surface area contributed by atoms with Crippen LogP contribution in [0.3, 0.4) is 0 Å². The highest BCUT2D eigenvalue weighted by molar-refractivity contribution is 7.65. The lowest BCUT2D eigenvalue weighted by Gasteiger charge is -2.35. The van der Waals surface area contributed by atoms with E-state index in [0.29, 0.717) is 51.3 Å². The molecule has 4 aliphatic heterocycles. The van der Waals surface area contributed by atoms with Crippen LogP contribution in [0.1, 0.15) is 38.1 Å². The number of ether oxygens (including phenoxy) is 4. The Morgan fingerprint density at radius 3 is 2.01 bits per heavy atom. The number of fused-ring (bicyclic) bond motifs is 2. The molecule has 386 valence electrons. The molecule has 4 saturated heterocycles. The van der Waals surface area contributed by atoms with Gasteiger partial charge in [-0.15, -0.1) is 0 Å². The van der Waals surface area contributed by atoms with Crippen molar-refractivity contribution < 1.29 is 99.0 Å². The molecule has 4 fully saturated rings. The quantitative estimate of drug-likeness (QED) is 0.0185. The van der Waals surface area contributed by atoms with Crippen LogP contribution in [0.2, 0.25) is 0 Å². The van der Waals surface area contributed by atoms with Gasteiger partial charge in [-0.05, 0) is 25.7 Å². The van der Waals surface area contributed by atoms with E-state index >= 15 is 0 Å². The number of aromatic amines is 2. The Hall–Kier alpha value is -4.35. The maximum absolute atomic E-state index is 13.1. The topological polar surface area (TPSA) is 464 Å². The number of aldehydes is 2. The number of nitrogens with two attached hydrogens (primary N) is 2. The van der Waals surface area contributed by atoms with E-state index in [9.17, 15) is 57.8 Å². The van der Waals surface area contributed by atoms with E-state index in [2.05, 4.69) is 38.1 Å². The molecule has 8 heterocycles. The van der Waals surface area contributed by atoms with Crippen molar-refractivity contribution in [2.45, 2.75) is 86.8 Å². The molecule has 8 rings (SSSR count). The molecule has 70 heavy (non-hydrogen) atoms. The summed E-state index contributed by atoms with van der Waals surface area (Å²) in [6.07, 6.45) is -6.94. The number of phosphoric acid groups is 3. The zero-order valence-electron chi connectivity index (χ0n) is 36.3. The van der Waals surface area contributed by atoms with Crippen LogP contribution < -0.4 is 41.8 Å². The number of imidazole rings is 2. The van der Waals surface area contributed by atoms with E-state index in [4.69, 9.17) is 44.6 Å². The molecule has 0 bridgehead atoms. The van der Waals surface area contributed by atoms with Gasteiger partial charge in [0.2, 0.25) is 17.7 Å². The largest absolute Gasteiger partial charge is 0.756 e. The summed E-state index contributed by atoms with van der Waals surface area (Å²) in [6.45, 7) is -2.85. The molecule has 4 aromatic rings. The number of H-pyrrole nitrogens is 2. The lowest BCUT2D eigenvalue weighted by molar-refractivity contribution is -0.746. The van der Waals surface area contributed by atoms with Crippen molar-refractivity contribution in [2.75, 3.05) is 51.4 Å². The standard InChI is InChI=1S/C33H47N12O22P3/c1-41-13-43(27-21(41)29(51)40-33(35)38-27)31-25(59-15-61-45-7-3-5-17(45)9-47)24(58-14-60-44-6-2-4-16(44)8-46)19(65-31)11-63-69(54,55)67-70(56,57)66-68(52,53)62-10-18-22(48)23(49)30(64-18)42-12-36-20-26(42)37-32(34)39-28(20)50/h8-9,12-13,16-19,22-25,30-31,48-49H,2-7,10-11,14-15H2,1H3,(H8-,34,35,37,38,39,40,50,51,52,53,54,55,56,57)/p-2/t16-,17-,18+,19+,22-,23?,24-,25?,30+,31+/m0/s1. The predicted molar refractivity (Wildman–Crippen MR) is 218 cm³/mol. The third kappa shape index (κ3) is 11.3. The second-order valence-corrected chi connectivity index (χ2v) is 20.5. The highest BCUT2D eigenvalue weighted by Gasteiger charge is 2.52. The van der Waals surface area contributed by atoms with Crippen LogP contribution in [0.4, 0.5) is 11.9 Å². The van der Waals surface area contributed by atoms with Crippen LogP contribution >= 0.6 is 23.5 Å². The number of carbonyl (C=O) groups excluding carboxylic acids is 2. The number of anilines is 2. The van der Waals surface area contributed by atoms with Gasteiger partial charge in [0.15, 0.2) is 37.3 Å². The summed E-state index contributed by atoms with van der Waals surface area (Å²) >= 11 is 0. The summed E-state index contributed by atoms with van der Waals surface area (Å²) in [5.41, 5.74) is 9.56. The number of carbonyl (C=O) groups is 2. The summed E-state index contributed by atoms with van der Waals surface area (Å²) in [4.78, 5) is 115. The average Bonchev–Trinajstić information content (AvgIpc) is 4.15. The van der Waals surface area contributed by atoms with Crippen LogP contribution in [-0.2, 0) is 76.6 Å². The smallest absolute Gasteiger partial charge is 0.313 e. The van der Waals surface area contributed by atoms with Crippen LogP contribution in [0, 0.1) is 0 Å². The van der Waals surface area contributed by atoms with E-state index in [1.165, 1.54) is 32.6 Å². The molecule has 0 radical (unpaired) electrons. The molecule has 0 amide bonds. The van der Waals surface area contributed by atoms with E-state index in [1.54, 1.807) is 0 Å². The third-order valence-electron chi connectivity index (χ3n) is 11.4. The molecule has 0 spiro atoms. The van der Waals surface area contributed by atoms with Gasteiger partial charge in [0.05, 0.1) is 38.7 Å². The number of phosphoric ester groups is 2. The molecule has 4 aromatic heterocycles. The first-order chi connectivity index (χ1) is 33.2. The summed E-state index contributed by atoms with van der Waals surface area (Å²) in [5, 5.41) is 24.0. The number of hydrogen-bond donors (Lipinski definition) is 6. The fraction of sp³-hybridized carbons (Fsp3) is 0.636. The minimum absolute atomic E-state index is 0.00394. The zero-order chi connectivity index (χ0) is 50.3. The van der Waals surface area contributed by atoms with Crippen LogP contribution in [0.15, 0.2) is 22.2 Å². The maximum atomic E-state index is 13.1. The Morgan fingerprint density at radius 2 is 1.40 bits per heavy atom. The number of hydrogen-bond acceptors (Lipinski definition) is 29. The van der Waals surface area contributed by atoms with Gasteiger partial charge in [-0.2, -0.15) is 15.1 Å². The van der Waals surface area contributed by atoms with Gasteiger partial charge in [0.1, 0.15) is 49.2 Å². The van der Waals surface area contributed by atoms with Gasteiger partial charge < -0.3 is 73.9 Å². The lowest BCUT2D eigenvalue weighted by atomic mass is 10.1. The van der Waals surface area contributed by atoms with Crippen molar-refractivity contribution in [3.63, 3.8) is 0 Å². The number of aromatic nitrogens is 8. The van der Waals surface area contributed by atoms with Crippen molar-refractivity contribution in [3.05, 3.63) is 33.4 Å². The Labute approximate surface area is 391 Å². The summed E-state index contributed by atoms with van der Waals surface area (Å²) in [7, 11) is -17.3. The maximum Gasteiger partial charge on any atom is 0.313 e. The van der Waals surface area contributed by atoms with Gasteiger partial charge in [0.25, 0.3) is 40.5 Å². The van der Waals surface area contributed by atoms with Crippen molar-refractivity contribution in [3.8, 4) is 0 Å². The van der Waals surface area contributed by atoms with Gasteiger partial charge >= 0.3 is 5.65 Å². The van der Waals surface area contributed by atoms with Crippen molar-refractivity contribution in [1.29, 1.82) is 0 Å². The number of nitrogens with one attached hydrogen (secondary N) is 2. The van der Waals surface area contributed by atoms with Gasteiger partial charge in [-0.3, -0.25) is 52.1 Å². The lowest BCUT2D eigenvalue weighted by Crippen LogP contribution is -2.48. The minimum Gasteiger partial charge on any atom is -0.756 e. The molecule has 37 heteroatoms. The first-order valence-electron chi connectivity index (χ1n) is 20.9. The number of rotatable bonds is 22. The Kier molecular flexibility index (Phi) is 15.6. The highest BCUT2D eigenvalue weighted by atomic mass is 31.3. The average molecular weight is 1050 g/mol. The molecule has 13 atom stereocenters. The van der Waals surface area contributed by atoms with Gasteiger partial charge in [0, 0.05) is 13.1 Å². The molecule has 0 saturated carbocycles. The molecule has 5 unspecified atom stereocenters. The first-order valence-corrected chi connectivity index (χ1v) is 25.3. The summed E-state index contributed by atoms with van der Waals surface area (Å²) in [6, 6.07) is -1.21.